The van der Waals surface area contributed by atoms with Crippen LogP contribution in [0.2, 0.25) is 0 Å². The molecule has 0 fully saturated rings. The van der Waals surface area contributed by atoms with Gasteiger partial charge in [-0.2, -0.15) is 0 Å². The largest absolute Gasteiger partial charge is 0.504 e. The van der Waals surface area contributed by atoms with Crippen LogP contribution >= 0.6 is 0 Å². The number of aliphatic hydroxyl groups excluding tert-OH is 2. The van der Waals surface area contributed by atoms with Crippen molar-refractivity contribution >= 4 is 0 Å². The standard InChI is InChI=1S/C21H36O4/c1-3-4-5-6-7-8-9-10-18(22)16-19(23)13-11-17-12-14-20(24)21(15-17)25-2/h12,14-15,18-19,22-24H,3-11,13,16H2,1-2H3. The minimum absolute atomic E-state index is 0.122. The second kappa shape index (κ2) is 13.0. The average Bonchev–Trinajstić information content (AvgIpc) is 2.60. The maximum Gasteiger partial charge on any atom is 0.160 e. The third-order valence-corrected chi connectivity index (χ3v) is 4.70. The number of hydrogen-bond donors (Lipinski definition) is 3. The highest BCUT2D eigenvalue weighted by Gasteiger charge is 2.12. The highest BCUT2D eigenvalue weighted by atomic mass is 16.5. The van der Waals surface area contributed by atoms with Crippen LogP contribution < -0.4 is 4.74 Å². The molecule has 0 aliphatic rings. The lowest BCUT2D eigenvalue weighted by molar-refractivity contribution is 0.0697. The van der Waals surface area contributed by atoms with Gasteiger partial charge in [0.2, 0.25) is 0 Å². The molecule has 0 aromatic heterocycles. The summed E-state index contributed by atoms with van der Waals surface area (Å²) in [6.45, 7) is 2.22. The fourth-order valence-electron chi connectivity index (χ4n) is 3.10. The first kappa shape index (κ1) is 21.8. The molecule has 144 valence electrons. The van der Waals surface area contributed by atoms with E-state index in [2.05, 4.69) is 6.92 Å². The van der Waals surface area contributed by atoms with E-state index in [-0.39, 0.29) is 5.75 Å². The fourth-order valence-corrected chi connectivity index (χ4v) is 3.10. The normalized spacial score (nSPS) is 13.6. The predicted molar refractivity (Wildman–Crippen MR) is 102 cm³/mol. The van der Waals surface area contributed by atoms with Crippen LogP contribution in [0.15, 0.2) is 18.2 Å². The zero-order valence-electron chi connectivity index (χ0n) is 15.9. The third-order valence-electron chi connectivity index (χ3n) is 4.70. The molecule has 2 unspecified atom stereocenters. The van der Waals surface area contributed by atoms with E-state index in [0.29, 0.717) is 25.0 Å². The molecule has 4 nitrogen and oxygen atoms in total. The van der Waals surface area contributed by atoms with Crippen molar-refractivity contribution in [2.24, 2.45) is 0 Å². The van der Waals surface area contributed by atoms with Crippen LogP contribution in [0, 0.1) is 0 Å². The monoisotopic (exact) mass is 352 g/mol. The molecule has 0 saturated carbocycles. The van der Waals surface area contributed by atoms with Crippen molar-refractivity contribution in [2.45, 2.75) is 89.8 Å². The van der Waals surface area contributed by atoms with Crippen molar-refractivity contribution in [3.63, 3.8) is 0 Å². The van der Waals surface area contributed by atoms with E-state index in [4.69, 9.17) is 4.74 Å². The van der Waals surface area contributed by atoms with E-state index >= 15 is 0 Å². The lowest BCUT2D eigenvalue weighted by Crippen LogP contribution is -2.18. The number of phenols is 1. The minimum atomic E-state index is -0.501. The highest BCUT2D eigenvalue weighted by Crippen LogP contribution is 2.27. The summed E-state index contributed by atoms with van der Waals surface area (Å²) in [5.41, 5.74) is 1.01. The van der Waals surface area contributed by atoms with Crippen LogP contribution in [0.1, 0.15) is 76.7 Å². The molecule has 0 saturated heterocycles. The molecule has 0 bridgehead atoms. The molecule has 0 radical (unpaired) electrons. The molecule has 0 heterocycles. The summed E-state index contributed by atoms with van der Waals surface area (Å²) in [6, 6.07) is 5.23. The molecule has 0 aliphatic heterocycles. The van der Waals surface area contributed by atoms with Gasteiger partial charge in [-0.3, -0.25) is 0 Å². The van der Waals surface area contributed by atoms with Gasteiger partial charge in [-0.25, -0.2) is 0 Å². The number of aliphatic hydroxyl groups is 2. The Hall–Kier alpha value is -1.26. The topological polar surface area (TPSA) is 69.9 Å². The third kappa shape index (κ3) is 9.71. The smallest absolute Gasteiger partial charge is 0.160 e. The van der Waals surface area contributed by atoms with E-state index in [1.807, 2.05) is 6.07 Å². The maximum atomic E-state index is 10.1. The van der Waals surface area contributed by atoms with Gasteiger partial charge < -0.3 is 20.1 Å². The summed E-state index contributed by atoms with van der Waals surface area (Å²) in [5.74, 6) is 0.572. The molecular weight excluding hydrogens is 316 g/mol. The molecule has 4 heteroatoms. The molecule has 1 aromatic rings. The molecule has 0 spiro atoms. The van der Waals surface area contributed by atoms with E-state index in [1.54, 1.807) is 12.1 Å². The molecule has 1 rings (SSSR count). The van der Waals surface area contributed by atoms with Gasteiger partial charge >= 0.3 is 0 Å². The van der Waals surface area contributed by atoms with Crippen molar-refractivity contribution in [2.75, 3.05) is 7.11 Å². The van der Waals surface area contributed by atoms with Crippen molar-refractivity contribution in [3.8, 4) is 11.5 Å². The first-order valence-electron chi connectivity index (χ1n) is 9.78. The van der Waals surface area contributed by atoms with Crippen LogP contribution in [0.25, 0.3) is 0 Å². The van der Waals surface area contributed by atoms with Crippen molar-refractivity contribution < 1.29 is 20.1 Å². The Morgan fingerprint density at radius 1 is 0.920 bits per heavy atom. The number of aryl methyl sites for hydroxylation is 1. The zero-order chi connectivity index (χ0) is 18.5. The number of rotatable bonds is 14. The van der Waals surface area contributed by atoms with Gasteiger partial charge in [-0.15, -0.1) is 0 Å². The predicted octanol–water partition coefficient (Wildman–Crippen LogP) is 4.59. The molecule has 0 amide bonds. The Balaban J connectivity index is 2.15. The number of unbranched alkanes of at least 4 members (excludes halogenated alkanes) is 6. The van der Waals surface area contributed by atoms with Gasteiger partial charge in [-0.05, 0) is 43.4 Å². The summed E-state index contributed by atoms with van der Waals surface area (Å²) in [7, 11) is 1.52. The van der Waals surface area contributed by atoms with Crippen LogP contribution in [0.3, 0.4) is 0 Å². The van der Waals surface area contributed by atoms with Crippen LogP contribution in [0.5, 0.6) is 11.5 Å². The quantitative estimate of drug-likeness (QED) is 0.428. The summed E-state index contributed by atoms with van der Waals surface area (Å²) < 4.78 is 5.09. The lowest BCUT2D eigenvalue weighted by Gasteiger charge is -2.16. The molecule has 25 heavy (non-hydrogen) atoms. The van der Waals surface area contributed by atoms with Gasteiger partial charge in [0.25, 0.3) is 0 Å². The summed E-state index contributed by atoms with van der Waals surface area (Å²) in [5, 5.41) is 29.8. The molecule has 2 atom stereocenters. The molecule has 1 aromatic carbocycles. The zero-order valence-corrected chi connectivity index (χ0v) is 15.9. The van der Waals surface area contributed by atoms with Gasteiger partial charge in [0.1, 0.15) is 0 Å². The molecular formula is C21H36O4. The van der Waals surface area contributed by atoms with E-state index < -0.39 is 12.2 Å². The first-order chi connectivity index (χ1) is 12.1. The first-order valence-corrected chi connectivity index (χ1v) is 9.78. The number of benzene rings is 1. The number of hydrogen-bond acceptors (Lipinski definition) is 4. The van der Waals surface area contributed by atoms with Crippen molar-refractivity contribution in [3.05, 3.63) is 23.8 Å². The van der Waals surface area contributed by atoms with Crippen LogP contribution in [-0.2, 0) is 6.42 Å². The summed E-state index contributed by atoms with van der Waals surface area (Å²) in [4.78, 5) is 0. The second-order valence-corrected chi connectivity index (χ2v) is 7.00. The molecule has 0 aliphatic carbocycles. The number of aromatic hydroxyl groups is 1. The Kier molecular flexibility index (Phi) is 11.3. The average molecular weight is 353 g/mol. The Morgan fingerprint density at radius 3 is 2.24 bits per heavy atom. The second-order valence-electron chi connectivity index (χ2n) is 7.00. The highest BCUT2D eigenvalue weighted by molar-refractivity contribution is 5.41. The van der Waals surface area contributed by atoms with Gasteiger partial charge in [0.15, 0.2) is 11.5 Å². The number of phenolic OH excluding ortho intramolecular Hbond substituents is 1. The van der Waals surface area contributed by atoms with Gasteiger partial charge in [0.05, 0.1) is 19.3 Å². The Labute approximate surface area is 152 Å². The van der Waals surface area contributed by atoms with Crippen LogP contribution in [-0.4, -0.2) is 34.6 Å². The Morgan fingerprint density at radius 2 is 1.56 bits per heavy atom. The molecule has 3 N–H and O–H groups in total. The Bertz CT molecular complexity index is 461. The fraction of sp³-hybridized carbons (Fsp3) is 0.714. The maximum absolute atomic E-state index is 10.1. The minimum Gasteiger partial charge on any atom is -0.504 e. The SMILES string of the molecule is CCCCCCCCCC(O)CC(O)CCc1ccc(O)c(OC)c1. The summed E-state index contributed by atoms with van der Waals surface area (Å²) in [6.07, 6.45) is 10.3. The summed E-state index contributed by atoms with van der Waals surface area (Å²) >= 11 is 0. The number of methoxy groups -OCH3 is 1. The van der Waals surface area contributed by atoms with Gasteiger partial charge in [0, 0.05) is 0 Å². The van der Waals surface area contributed by atoms with Gasteiger partial charge in [-0.1, -0.05) is 57.9 Å². The van der Waals surface area contributed by atoms with Crippen molar-refractivity contribution in [1.29, 1.82) is 0 Å². The van der Waals surface area contributed by atoms with E-state index in [0.717, 1.165) is 18.4 Å². The van der Waals surface area contributed by atoms with Crippen molar-refractivity contribution in [1.82, 2.24) is 0 Å². The number of ether oxygens (including phenoxy) is 1. The van der Waals surface area contributed by atoms with Crippen LogP contribution in [0.4, 0.5) is 0 Å². The van der Waals surface area contributed by atoms with E-state index in [1.165, 1.54) is 45.6 Å². The van der Waals surface area contributed by atoms with E-state index in [9.17, 15) is 15.3 Å². The lowest BCUT2D eigenvalue weighted by atomic mass is 9.99.